The maximum atomic E-state index is 12.1. The zero-order valence-corrected chi connectivity index (χ0v) is 14.7. The number of benzene rings is 2. The molecule has 1 N–H and O–H groups in total. The van der Waals surface area contributed by atoms with Gasteiger partial charge in [0.1, 0.15) is 12.1 Å². The van der Waals surface area contributed by atoms with Gasteiger partial charge in [0.15, 0.2) is 5.16 Å². The summed E-state index contributed by atoms with van der Waals surface area (Å²) in [5.41, 5.74) is 2.04. The van der Waals surface area contributed by atoms with Crippen molar-refractivity contribution in [2.45, 2.75) is 5.16 Å². The number of anilines is 1. The summed E-state index contributed by atoms with van der Waals surface area (Å²) in [4.78, 5) is 12.1. The van der Waals surface area contributed by atoms with Gasteiger partial charge in [-0.05, 0) is 36.4 Å². The summed E-state index contributed by atoms with van der Waals surface area (Å²) < 4.78 is 7.02. The summed E-state index contributed by atoms with van der Waals surface area (Å²) in [5, 5.41) is 20.2. The number of carbonyl (C=O) groups is 1. The molecule has 0 saturated carbocycles. The van der Waals surface area contributed by atoms with Crippen molar-refractivity contribution < 1.29 is 9.53 Å². The van der Waals surface area contributed by atoms with Crippen LogP contribution in [0.4, 0.5) is 5.69 Å². The molecule has 0 aliphatic carbocycles. The summed E-state index contributed by atoms with van der Waals surface area (Å²) in [7, 11) is 1.61. The maximum Gasteiger partial charge on any atom is 0.234 e. The average molecular weight is 365 g/mol. The number of hydrogen-bond donors (Lipinski definition) is 1. The molecule has 0 bridgehead atoms. The van der Waals surface area contributed by atoms with E-state index in [1.807, 2.05) is 30.3 Å². The van der Waals surface area contributed by atoms with Crippen LogP contribution in [0.3, 0.4) is 0 Å². The molecule has 0 radical (unpaired) electrons. The predicted molar refractivity (Wildman–Crippen MR) is 98.4 cm³/mol. The Labute approximate surface area is 154 Å². The molecule has 0 aliphatic rings. The fourth-order valence-corrected chi connectivity index (χ4v) is 2.94. The molecule has 7 nitrogen and oxygen atoms in total. The van der Waals surface area contributed by atoms with E-state index >= 15 is 0 Å². The fraction of sp³-hybridized carbons (Fsp3) is 0.111. The fourth-order valence-electron chi connectivity index (χ4n) is 2.22. The molecule has 8 heteroatoms. The van der Waals surface area contributed by atoms with Crippen LogP contribution in [0.25, 0.3) is 5.69 Å². The molecule has 0 aliphatic heterocycles. The Kier molecular flexibility index (Phi) is 5.51. The number of nitrogens with zero attached hydrogens (tertiary/aromatic N) is 4. The highest BCUT2D eigenvalue weighted by atomic mass is 32.2. The largest absolute Gasteiger partial charge is 0.497 e. The van der Waals surface area contributed by atoms with E-state index in [9.17, 15) is 4.79 Å². The molecular formula is C18H15N5O2S. The Hall–Kier alpha value is -3.31. The van der Waals surface area contributed by atoms with Gasteiger partial charge in [-0.2, -0.15) is 5.26 Å². The molecule has 0 spiro atoms. The normalized spacial score (nSPS) is 10.2. The van der Waals surface area contributed by atoms with Crippen molar-refractivity contribution in [2.24, 2.45) is 0 Å². The van der Waals surface area contributed by atoms with E-state index in [4.69, 9.17) is 10.00 Å². The minimum atomic E-state index is -0.167. The molecule has 3 rings (SSSR count). The van der Waals surface area contributed by atoms with Gasteiger partial charge in [-0.3, -0.25) is 9.36 Å². The number of methoxy groups -OCH3 is 1. The van der Waals surface area contributed by atoms with Gasteiger partial charge in [0.25, 0.3) is 0 Å². The van der Waals surface area contributed by atoms with Crippen molar-refractivity contribution in [1.82, 2.24) is 14.8 Å². The summed E-state index contributed by atoms with van der Waals surface area (Å²) in [6.07, 6.45) is 1.59. The third kappa shape index (κ3) is 4.20. The standard InChI is InChI=1S/C18H15N5O2S/c1-25-16-4-2-3-15(9-16)23-12-20-22-18(23)26-11-17(24)21-14-7-5-13(10-19)6-8-14/h2-9,12H,11H2,1H3,(H,21,24). The Morgan fingerprint density at radius 1 is 1.31 bits per heavy atom. The summed E-state index contributed by atoms with van der Waals surface area (Å²) >= 11 is 1.28. The van der Waals surface area contributed by atoms with E-state index in [0.717, 1.165) is 11.4 Å². The lowest BCUT2D eigenvalue weighted by atomic mass is 10.2. The lowest BCUT2D eigenvalue weighted by Crippen LogP contribution is -2.14. The van der Waals surface area contributed by atoms with Crippen molar-refractivity contribution in [3.63, 3.8) is 0 Å². The van der Waals surface area contributed by atoms with Crippen molar-refractivity contribution >= 4 is 23.4 Å². The van der Waals surface area contributed by atoms with Crippen LogP contribution in [0.1, 0.15) is 5.56 Å². The maximum absolute atomic E-state index is 12.1. The molecule has 0 saturated heterocycles. The van der Waals surface area contributed by atoms with Crippen LogP contribution in [-0.4, -0.2) is 33.5 Å². The SMILES string of the molecule is COc1cccc(-n2cnnc2SCC(=O)Nc2ccc(C#N)cc2)c1. The molecule has 1 amide bonds. The van der Waals surface area contributed by atoms with E-state index in [1.54, 1.807) is 42.3 Å². The molecule has 2 aromatic carbocycles. The minimum absolute atomic E-state index is 0.167. The quantitative estimate of drug-likeness (QED) is 0.675. The minimum Gasteiger partial charge on any atom is -0.497 e. The Morgan fingerprint density at radius 3 is 2.85 bits per heavy atom. The van der Waals surface area contributed by atoms with Crippen LogP contribution < -0.4 is 10.1 Å². The van der Waals surface area contributed by atoms with Crippen LogP contribution in [0.5, 0.6) is 5.75 Å². The van der Waals surface area contributed by atoms with Crippen molar-refractivity contribution in [2.75, 3.05) is 18.2 Å². The first-order valence-electron chi connectivity index (χ1n) is 7.67. The zero-order chi connectivity index (χ0) is 18.4. The molecule has 1 heterocycles. The number of hydrogen-bond acceptors (Lipinski definition) is 6. The van der Waals surface area contributed by atoms with Crippen molar-refractivity contribution in [3.8, 4) is 17.5 Å². The smallest absolute Gasteiger partial charge is 0.234 e. The predicted octanol–water partition coefficient (Wildman–Crippen LogP) is 2.88. The Balaban J connectivity index is 1.64. The summed E-state index contributed by atoms with van der Waals surface area (Å²) in [6, 6.07) is 16.2. The number of amides is 1. The highest BCUT2D eigenvalue weighted by molar-refractivity contribution is 7.99. The molecule has 26 heavy (non-hydrogen) atoms. The molecule has 130 valence electrons. The van der Waals surface area contributed by atoms with E-state index in [2.05, 4.69) is 15.5 Å². The van der Waals surface area contributed by atoms with Crippen LogP contribution >= 0.6 is 11.8 Å². The van der Waals surface area contributed by atoms with Crippen LogP contribution in [-0.2, 0) is 4.79 Å². The molecular weight excluding hydrogens is 350 g/mol. The molecule has 0 atom stereocenters. The number of nitrogens with one attached hydrogen (secondary N) is 1. The van der Waals surface area contributed by atoms with E-state index in [1.165, 1.54) is 11.8 Å². The highest BCUT2D eigenvalue weighted by Gasteiger charge is 2.11. The van der Waals surface area contributed by atoms with Gasteiger partial charge in [-0.1, -0.05) is 17.8 Å². The monoisotopic (exact) mass is 365 g/mol. The average Bonchev–Trinajstić information content (AvgIpc) is 3.16. The van der Waals surface area contributed by atoms with Crippen LogP contribution in [0.2, 0.25) is 0 Å². The number of thioether (sulfide) groups is 1. The summed E-state index contributed by atoms with van der Waals surface area (Å²) in [5.74, 6) is 0.744. The van der Waals surface area contributed by atoms with Gasteiger partial charge >= 0.3 is 0 Å². The second kappa shape index (κ2) is 8.18. The van der Waals surface area contributed by atoms with E-state index < -0.39 is 0 Å². The van der Waals surface area contributed by atoms with Gasteiger partial charge < -0.3 is 10.1 Å². The summed E-state index contributed by atoms with van der Waals surface area (Å²) in [6.45, 7) is 0. The van der Waals surface area contributed by atoms with Crippen molar-refractivity contribution in [3.05, 3.63) is 60.4 Å². The first-order valence-corrected chi connectivity index (χ1v) is 8.65. The lowest BCUT2D eigenvalue weighted by Gasteiger charge is -2.08. The highest BCUT2D eigenvalue weighted by Crippen LogP contribution is 2.22. The number of ether oxygens (including phenoxy) is 1. The van der Waals surface area contributed by atoms with E-state index in [-0.39, 0.29) is 11.7 Å². The second-order valence-corrected chi connectivity index (χ2v) is 6.15. The molecule has 0 fully saturated rings. The Morgan fingerprint density at radius 2 is 2.12 bits per heavy atom. The number of aromatic nitrogens is 3. The molecule has 0 unspecified atom stereocenters. The van der Waals surface area contributed by atoms with Crippen molar-refractivity contribution in [1.29, 1.82) is 5.26 Å². The zero-order valence-electron chi connectivity index (χ0n) is 13.9. The molecule has 1 aromatic heterocycles. The van der Waals surface area contributed by atoms with Gasteiger partial charge in [0.05, 0.1) is 30.2 Å². The lowest BCUT2D eigenvalue weighted by molar-refractivity contribution is -0.113. The Bertz CT molecular complexity index is 947. The third-order valence-electron chi connectivity index (χ3n) is 3.48. The van der Waals surface area contributed by atoms with Gasteiger partial charge in [0, 0.05) is 11.8 Å². The van der Waals surface area contributed by atoms with Gasteiger partial charge in [0.2, 0.25) is 5.91 Å². The number of nitriles is 1. The molecule has 3 aromatic rings. The third-order valence-corrected chi connectivity index (χ3v) is 4.42. The van der Waals surface area contributed by atoms with Crippen LogP contribution in [0, 0.1) is 11.3 Å². The number of carbonyl (C=O) groups excluding carboxylic acids is 1. The first-order chi connectivity index (χ1) is 12.7. The van der Waals surface area contributed by atoms with E-state index in [0.29, 0.717) is 16.4 Å². The van der Waals surface area contributed by atoms with Gasteiger partial charge in [-0.25, -0.2) is 0 Å². The topological polar surface area (TPSA) is 92.8 Å². The van der Waals surface area contributed by atoms with Crippen LogP contribution in [0.15, 0.2) is 60.0 Å². The van der Waals surface area contributed by atoms with Gasteiger partial charge in [-0.15, -0.1) is 10.2 Å². The second-order valence-electron chi connectivity index (χ2n) is 5.21. The number of rotatable bonds is 6. The first kappa shape index (κ1) is 17.5.